The van der Waals surface area contributed by atoms with Crippen molar-refractivity contribution in [3.8, 4) is 11.3 Å². The van der Waals surface area contributed by atoms with Crippen molar-refractivity contribution < 1.29 is 14.3 Å². The average Bonchev–Trinajstić information content (AvgIpc) is 3.23. The summed E-state index contributed by atoms with van der Waals surface area (Å²) in [4.78, 5) is 22.3. The van der Waals surface area contributed by atoms with Crippen LogP contribution in [0.3, 0.4) is 0 Å². The van der Waals surface area contributed by atoms with Crippen molar-refractivity contribution in [1.29, 1.82) is 0 Å². The number of anilines is 1. The Morgan fingerprint density at radius 1 is 1.00 bits per heavy atom. The van der Waals surface area contributed by atoms with Crippen molar-refractivity contribution in [2.24, 2.45) is 0 Å². The number of aromatic nitrogens is 1. The van der Waals surface area contributed by atoms with Gasteiger partial charge >= 0.3 is 6.09 Å². The van der Waals surface area contributed by atoms with E-state index in [9.17, 15) is 4.79 Å². The second-order valence-corrected chi connectivity index (χ2v) is 15.3. The van der Waals surface area contributed by atoms with Gasteiger partial charge in [0, 0.05) is 31.2 Å². The summed E-state index contributed by atoms with van der Waals surface area (Å²) in [6.07, 6.45) is 4.16. The lowest BCUT2D eigenvalue weighted by Crippen LogP contribution is -2.54. The maximum Gasteiger partial charge on any atom is 0.412 e. The van der Waals surface area contributed by atoms with Gasteiger partial charge in [0.15, 0.2) is 0 Å². The van der Waals surface area contributed by atoms with Crippen LogP contribution in [0, 0.1) is 0 Å². The highest BCUT2D eigenvalue weighted by molar-refractivity contribution is 5.70. The molecule has 7 heteroatoms. The van der Waals surface area contributed by atoms with Crippen molar-refractivity contribution in [3.05, 3.63) is 47.5 Å². The fraction of sp³-hybridized carbons (Fsp3) is 0.657. The van der Waals surface area contributed by atoms with Gasteiger partial charge in [-0.15, -0.1) is 0 Å². The van der Waals surface area contributed by atoms with Crippen LogP contribution in [0.4, 0.5) is 10.6 Å². The smallest absolute Gasteiger partial charge is 0.412 e. The Balaban J connectivity index is 1.21. The number of pyridine rings is 1. The first-order valence-corrected chi connectivity index (χ1v) is 15.8. The molecule has 1 aromatic heterocycles. The normalized spacial score (nSPS) is 23.5. The molecule has 2 fully saturated rings. The molecule has 3 heterocycles. The number of nitrogens with zero attached hydrogens (tertiary/aromatic N) is 3. The van der Waals surface area contributed by atoms with E-state index in [2.05, 4.69) is 74.3 Å². The van der Waals surface area contributed by atoms with Crippen LogP contribution in [0.2, 0.25) is 0 Å². The number of hydrogen-bond acceptors (Lipinski definition) is 6. The Bertz CT molecular complexity index is 1290. The second-order valence-electron chi connectivity index (χ2n) is 15.3. The molecule has 7 nitrogen and oxygen atoms in total. The van der Waals surface area contributed by atoms with Gasteiger partial charge in [0.1, 0.15) is 17.1 Å². The minimum absolute atomic E-state index is 0.0570. The predicted molar refractivity (Wildman–Crippen MR) is 170 cm³/mol. The fourth-order valence-corrected chi connectivity index (χ4v) is 6.84. The van der Waals surface area contributed by atoms with E-state index < -0.39 is 11.3 Å². The zero-order chi connectivity index (χ0) is 30.5. The molecule has 0 spiro atoms. The quantitative estimate of drug-likeness (QED) is 0.412. The maximum absolute atomic E-state index is 13.0. The van der Waals surface area contributed by atoms with E-state index in [1.165, 1.54) is 29.5 Å². The summed E-state index contributed by atoms with van der Waals surface area (Å²) in [5, 5.41) is 3.72. The highest BCUT2D eigenvalue weighted by atomic mass is 16.6. The van der Waals surface area contributed by atoms with Crippen LogP contribution in [-0.2, 0) is 20.3 Å². The molecule has 1 aromatic carbocycles. The molecule has 3 aliphatic rings. The number of piperidine rings is 1. The van der Waals surface area contributed by atoms with E-state index >= 15 is 0 Å². The number of ether oxygens (including phenoxy) is 2. The summed E-state index contributed by atoms with van der Waals surface area (Å²) in [5.41, 5.74) is 4.36. The van der Waals surface area contributed by atoms with E-state index in [0.29, 0.717) is 19.2 Å². The average molecular weight is 577 g/mol. The second kappa shape index (κ2) is 11.1. The van der Waals surface area contributed by atoms with Crippen molar-refractivity contribution in [1.82, 2.24) is 15.2 Å². The fourth-order valence-electron chi connectivity index (χ4n) is 6.84. The number of hydrogen-bond donors (Lipinski definition) is 1. The first-order chi connectivity index (χ1) is 19.6. The van der Waals surface area contributed by atoms with Crippen molar-refractivity contribution in [2.45, 2.75) is 122 Å². The molecular formula is C35H52N4O3. The monoisotopic (exact) mass is 576 g/mol. The largest absolute Gasteiger partial charge is 0.444 e. The lowest BCUT2D eigenvalue weighted by atomic mass is 9.63. The van der Waals surface area contributed by atoms with Gasteiger partial charge in [-0.1, -0.05) is 45.9 Å². The third-order valence-electron chi connectivity index (χ3n) is 9.51. The third-order valence-corrected chi connectivity index (χ3v) is 9.51. The van der Waals surface area contributed by atoms with Gasteiger partial charge < -0.3 is 19.7 Å². The van der Waals surface area contributed by atoms with Gasteiger partial charge in [-0.05, 0) is 100 Å². The van der Waals surface area contributed by atoms with Crippen LogP contribution in [0.15, 0.2) is 36.4 Å². The molecular weight excluding hydrogens is 524 g/mol. The summed E-state index contributed by atoms with van der Waals surface area (Å²) in [5.74, 6) is 1.05. The predicted octanol–water partition coefficient (Wildman–Crippen LogP) is 7.03. The standard InChI is InChI=1S/C35H52N4O3/c1-32(2,3)42-31(40)39-26(23-41-35(39,8)9)22-36-25-15-19-38(20-16-25)30-12-10-11-29(37-30)24-13-14-27-28(21-24)34(6,7)18-17-33(27,4)5/h10-14,21,25-26,36H,15-20,22-23H2,1-9H3/t26-/m0/s1. The maximum atomic E-state index is 13.0. The summed E-state index contributed by atoms with van der Waals surface area (Å²) < 4.78 is 11.7. The van der Waals surface area contributed by atoms with Gasteiger partial charge in [0.05, 0.1) is 18.3 Å². The van der Waals surface area contributed by atoms with E-state index in [1.807, 2.05) is 34.6 Å². The van der Waals surface area contributed by atoms with Crippen LogP contribution in [0.5, 0.6) is 0 Å². The number of benzene rings is 1. The van der Waals surface area contributed by atoms with Crippen LogP contribution in [0.1, 0.15) is 99.1 Å². The number of carbonyl (C=O) groups is 1. The van der Waals surface area contributed by atoms with E-state index in [4.69, 9.17) is 14.5 Å². The van der Waals surface area contributed by atoms with E-state index in [0.717, 1.165) is 37.4 Å². The molecule has 0 saturated carbocycles. The Morgan fingerprint density at radius 2 is 1.67 bits per heavy atom. The highest BCUT2D eigenvalue weighted by Crippen LogP contribution is 2.46. The molecule has 0 unspecified atom stereocenters. The minimum Gasteiger partial charge on any atom is -0.444 e. The summed E-state index contributed by atoms with van der Waals surface area (Å²) >= 11 is 0. The topological polar surface area (TPSA) is 66.9 Å². The number of rotatable bonds is 5. The van der Waals surface area contributed by atoms with Gasteiger partial charge in [-0.3, -0.25) is 4.90 Å². The van der Waals surface area contributed by atoms with Gasteiger partial charge in [0.2, 0.25) is 0 Å². The van der Waals surface area contributed by atoms with E-state index in [1.54, 1.807) is 4.90 Å². The zero-order valence-electron chi connectivity index (χ0n) is 27.3. The number of fused-ring (bicyclic) bond motifs is 1. The van der Waals surface area contributed by atoms with Crippen molar-refractivity contribution >= 4 is 11.9 Å². The molecule has 230 valence electrons. The SMILES string of the molecule is CC(C)(C)OC(=O)N1[C@@H](CNC2CCN(c3cccc(-c4ccc5c(c4)C(C)(C)CCC5(C)C)n3)CC2)COC1(C)C. The third kappa shape index (κ3) is 6.47. The molecule has 42 heavy (non-hydrogen) atoms. The molecule has 1 atom stereocenters. The molecule has 0 radical (unpaired) electrons. The van der Waals surface area contributed by atoms with Crippen LogP contribution in [0.25, 0.3) is 11.3 Å². The zero-order valence-corrected chi connectivity index (χ0v) is 27.3. The number of amides is 1. The Morgan fingerprint density at radius 3 is 2.33 bits per heavy atom. The molecule has 1 amide bonds. The number of carbonyl (C=O) groups excluding carboxylic acids is 1. The Labute approximate surface area is 253 Å². The summed E-state index contributed by atoms with van der Waals surface area (Å²) in [7, 11) is 0. The molecule has 2 aliphatic heterocycles. The Hall–Kier alpha value is -2.64. The van der Waals surface area contributed by atoms with Crippen molar-refractivity contribution in [2.75, 3.05) is 31.1 Å². The van der Waals surface area contributed by atoms with Gasteiger partial charge in [-0.25, -0.2) is 9.78 Å². The van der Waals surface area contributed by atoms with Crippen LogP contribution >= 0.6 is 0 Å². The molecule has 2 aromatic rings. The first kappa shape index (κ1) is 30.8. The van der Waals surface area contributed by atoms with Gasteiger partial charge in [0.25, 0.3) is 0 Å². The highest BCUT2D eigenvalue weighted by Gasteiger charge is 2.45. The molecule has 1 N–H and O–H groups in total. The van der Waals surface area contributed by atoms with Crippen LogP contribution < -0.4 is 10.2 Å². The lowest BCUT2D eigenvalue weighted by Gasteiger charge is -2.42. The van der Waals surface area contributed by atoms with Crippen LogP contribution in [-0.4, -0.2) is 65.6 Å². The molecule has 2 saturated heterocycles. The molecule has 0 bridgehead atoms. The summed E-state index contributed by atoms with van der Waals surface area (Å²) in [6.45, 7) is 22.1. The Kier molecular flexibility index (Phi) is 8.16. The molecule has 1 aliphatic carbocycles. The van der Waals surface area contributed by atoms with E-state index in [-0.39, 0.29) is 23.0 Å². The lowest BCUT2D eigenvalue weighted by molar-refractivity contribution is -0.0624. The number of nitrogens with one attached hydrogen (secondary N) is 1. The summed E-state index contributed by atoms with van der Waals surface area (Å²) in [6, 6.07) is 13.8. The van der Waals surface area contributed by atoms with Gasteiger partial charge in [-0.2, -0.15) is 0 Å². The first-order valence-electron chi connectivity index (χ1n) is 15.8. The molecule has 5 rings (SSSR count). The van der Waals surface area contributed by atoms with Crippen molar-refractivity contribution in [3.63, 3.8) is 0 Å². The minimum atomic E-state index is -0.682.